The Balaban J connectivity index is 2.34. The van der Waals surface area contributed by atoms with Gasteiger partial charge in [0.1, 0.15) is 5.58 Å². The molecule has 0 fully saturated rings. The molecule has 1 aromatic carbocycles. The van der Waals surface area contributed by atoms with Gasteiger partial charge in [0.2, 0.25) is 0 Å². The van der Waals surface area contributed by atoms with Gasteiger partial charge in [0.05, 0.1) is 0 Å². The summed E-state index contributed by atoms with van der Waals surface area (Å²) in [5.74, 6) is 0. The number of benzene rings is 1. The van der Waals surface area contributed by atoms with Crippen molar-refractivity contribution in [2.24, 2.45) is 0 Å². The summed E-state index contributed by atoms with van der Waals surface area (Å²) in [6, 6.07) is 6.61. The van der Waals surface area contributed by atoms with Gasteiger partial charge in [-0.15, -0.1) is 0 Å². The van der Waals surface area contributed by atoms with Crippen molar-refractivity contribution >= 4 is 49.5 Å². The van der Waals surface area contributed by atoms with Gasteiger partial charge in [-0.2, -0.15) is 0 Å². The summed E-state index contributed by atoms with van der Waals surface area (Å²) >= 11 is 6.01. The van der Waals surface area contributed by atoms with Crippen molar-refractivity contribution in [2.75, 3.05) is 0 Å². The second-order valence-electron chi connectivity index (χ2n) is 6.07. The van der Waals surface area contributed by atoms with Crippen LogP contribution in [0.25, 0.3) is 11.0 Å². The van der Waals surface area contributed by atoms with Gasteiger partial charge in [-0.3, -0.25) is 0 Å². The van der Waals surface area contributed by atoms with Crippen LogP contribution >= 0.6 is 38.5 Å². The highest BCUT2D eigenvalue weighted by atomic mass is 127. The predicted octanol–water partition coefficient (Wildman–Crippen LogP) is 5.92. The third kappa shape index (κ3) is 1.94. The molecule has 3 rings (SSSR count). The number of rotatable bonds is 0. The minimum atomic E-state index is 0.218. The highest BCUT2D eigenvalue weighted by molar-refractivity contribution is 14.1. The molecule has 0 aliphatic heterocycles. The van der Waals surface area contributed by atoms with Gasteiger partial charge >= 0.3 is 0 Å². The van der Waals surface area contributed by atoms with E-state index in [0.29, 0.717) is 0 Å². The van der Waals surface area contributed by atoms with Crippen molar-refractivity contribution in [2.45, 2.75) is 42.4 Å². The van der Waals surface area contributed by atoms with Gasteiger partial charge in [-0.05, 0) is 70.4 Å². The monoisotopic (exact) mass is 418 g/mol. The number of furan rings is 1. The Morgan fingerprint density at radius 2 is 1.83 bits per heavy atom. The summed E-state index contributed by atoms with van der Waals surface area (Å²) in [5.41, 5.74) is 4.17. The normalized spacial score (nSPS) is 26.3. The van der Waals surface area contributed by atoms with E-state index in [9.17, 15) is 0 Å². The van der Waals surface area contributed by atoms with E-state index in [2.05, 4.69) is 77.5 Å². The molecule has 1 nitrogen and oxygen atoms in total. The molecule has 1 aliphatic carbocycles. The molecule has 0 saturated carbocycles. The first-order valence-electron chi connectivity index (χ1n) is 6.23. The largest absolute Gasteiger partial charge is 0.449 e. The fraction of sp³-hybridized carbons (Fsp3) is 0.467. The standard InChI is InChI=1S/C15H16BrIO/c1-14(2)4-5-15(3,17)11-8-12-9(6-10(11)14)7-13(16)18-12/h6-8H,4-5H2,1-3H3. The fourth-order valence-electron chi connectivity index (χ4n) is 2.86. The number of hydrogen-bond acceptors (Lipinski definition) is 1. The van der Waals surface area contributed by atoms with E-state index in [4.69, 9.17) is 4.42 Å². The van der Waals surface area contributed by atoms with Crippen molar-refractivity contribution in [1.29, 1.82) is 0 Å². The molecular formula is C15H16BrIO. The molecule has 3 heteroatoms. The zero-order valence-electron chi connectivity index (χ0n) is 10.8. The van der Waals surface area contributed by atoms with Crippen LogP contribution in [0, 0.1) is 0 Å². The molecule has 1 atom stereocenters. The molecule has 0 radical (unpaired) electrons. The summed E-state index contributed by atoms with van der Waals surface area (Å²) in [6.45, 7) is 7.02. The first-order chi connectivity index (χ1) is 8.29. The third-order valence-corrected chi connectivity index (χ3v) is 5.65. The maximum absolute atomic E-state index is 5.71. The van der Waals surface area contributed by atoms with Gasteiger partial charge in [0.25, 0.3) is 0 Å². The summed E-state index contributed by atoms with van der Waals surface area (Å²) in [6.07, 6.45) is 2.46. The van der Waals surface area contributed by atoms with Crippen molar-refractivity contribution < 1.29 is 4.42 Å². The average molecular weight is 419 g/mol. The van der Waals surface area contributed by atoms with Crippen molar-refractivity contribution in [1.82, 2.24) is 0 Å². The fourth-order valence-corrected chi connectivity index (χ4v) is 4.00. The number of alkyl halides is 1. The lowest BCUT2D eigenvalue weighted by molar-refractivity contribution is 0.394. The second kappa shape index (κ2) is 3.98. The third-order valence-electron chi connectivity index (χ3n) is 4.14. The Morgan fingerprint density at radius 3 is 2.56 bits per heavy atom. The minimum absolute atomic E-state index is 0.218. The second-order valence-corrected chi connectivity index (χ2v) is 9.23. The van der Waals surface area contributed by atoms with Crippen molar-refractivity contribution in [3.63, 3.8) is 0 Å². The highest BCUT2D eigenvalue weighted by Gasteiger charge is 2.38. The predicted molar refractivity (Wildman–Crippen MR) is 87.5 cm³/mol. The Hall–Kier alpha value is -0.0300. The lowest BCUT2D eigenvalue weighted by Crippen LogP contribution is -2.31. The van der Waals surface area contributed by atoms with E-state index < -0.39 is 0 Å². The van der Waals surface area contributed by atoms with Gasteiger partial charge < -0.3 is 4.42 Å². The van der Waals surface area contributed by atoms with Crippen LogP contribution in [-0.4, -0.2) is 0 Å². The Kier molecular flexibility index (Phi) is 2.87. The number of fused-ring (bicyclic) bond motifs is 2. The van der Waals surface area contributed by atoms with Crippen LogP contribution in [0.5, 0.6) is 0 Å². The van der Waals surface area contributed by atoms with Crippen LogP contribution in [-0.2, 0) is 8.84 Å². The molecule has 96 valence electrons. The smallest absolute Gasteiger partial charge is 0.170 e. The molecule has 0 spiro atoms. The summed E-state index contributed by atoms with van der Waals surface area (Å²) < 4.78 is 6.74. The van der Waals surface area contributed by atoms with Gasteiger partial charge in [0, 0.05) is 8.81 Å². The van der Waals surface area contributed by atoms with Crippen LogP contribution in [0.4, 0.5) is 0 Å². The van der Waals surface area contributed by atoms with E-state index in [1.807, 2.05) is 0 Å². The topological polar surface area (TPSA) is 13.1 Å². The van der Waals surface area contributed by atoms with E-state index in [1.165, 1.54) is 29.4 Å². The van der Waals surface area contributed by atoms with E-state index in [1.54, 1.807) is 0 Å². The Morgan fingerprint density at radius 1 is 1.11 bits per heavy atom. The molecule has 2 aromatic rings. The summed E-state index contributed by atoms with van der Waals surface area (Å²) in [4.78, 5) is 0. The van der Waals surface area contributed by atoms with E-state index in [0.717, 1.165) is 10.3 Å². The van der Waals surface area contributed by atoms with Crippen LogP contribution in [0.3, 0.4) is 0 Å². The zero-order chi connectivity index (χ0) is 13.1. The molecular weight excluding hydrogens is 403 g/mol. The Bertz CT molecular complexity index is 572. The quantitative estimate of drug-likeness (QED) is 0.382. The summed E-state index contributed by atoms with van der Waals surface area (Å²) in [7, 11) is 0. The molecule has 1 aliphatic rings. The molecule has 1 unspecified atom stereocenters. The average Bonchev–Trinajstić information content (AvgIpc) is 2.62. The minimum Gasteiger partial charge on any atom is -0.449 e. The van der Waals surface area contributed by atoms with Crippen LogP contribution < -0.4 is 0 Å². The van der Waals surface area contributed by atoms with E-state index in [-0.39, 0.29) is 8.84 Å². The molecule has 0 bridgehead atoms. The molecule has 1 heterocycles. The van der Waals surface area contributed by atoms with Gasteiger partial charge in [-0.1, -0.05) is 36.4 Å². The number of halogens is 2. The maximum atomic E-state index is 5.71. The van der Waals surface area contributed by atoms with Crippen LogP contribution in [0.1, 0.15) is 44.7 Å². The molecule has 18 heavy (non-hydrogen) atoms. The van der Waals surface area contributed by atoms with E-state index >= 15 is 0 Å². The van der Waals surface area contributed by atoms with Crippen LogP contribution in [0.2, 0.25) is 0 Å². The summed E-state index contributed by atoms with van der Waals surface area (Å²) in [5, 5.41) is 1.20. The molecule has 0 amide bonds. The number of hydrogen-bond donors (Lipinski definition) is 0. The zero-order valence-corrected chi connectivity index (χ0v) is 14.6. The van der Waals surface area contributed by atoms with Gasteiger partial charge in [0.15, 0.2) is 4.67 Å². The first kappa shape index (κ1) is 13.0. The first-order valence-corrected chi connectivity index (χ1v) is 8.10. The lowest BCUT2D eigenvalue weighted by Gasteiger charge is -2.40. The van der Waals surface area contributed by atoms with Crippen molar-refractivity contribution in [3.8, 4) is 0 Å². The SMILES string of the molecule is CC1(C)CCC(C)(I)c2cc3oc(Br)cc3cc21. The van der Waals surface area contributed by atoms with Crippen LogP contribution in [0.15, 0.2) is 27.3 Å². The molecule has 1 aromatic heterocycles. The molecule has 0 saturated heterocycles. The maximum Gasteiger partial charge on any atom is 0.170 e. The molecule has 0 N–H and O–H groups in total. The van der Waals surface area contributed by atoms with Crippen molar-refractivity contribution in [3.05, 3.63) is 34.0 Å². The van der Waals surface area contributed by atoms with Gasteiger partial charge in [-0.25, -0.2) is 0 Å². The Labute approximate surface area is 130 Å². The lowest BCUT2D eigenvalue weighted by atomic mass is 9.69. The highest BCUT2D eigenvalue weighted by Crippen LogP contribution is 2.50.